The van der Waals surface area contributed by atoms with Crippen LogP contribution in [0.2, 0.25) is 0 Å². The van der Waals surface area contributed by atoms with Gasteiger partial charge in [-0.15, -0.1) is 0 Å². The summed E-state index contributed by atoms with van der Waals surface area (Å²) in [7, 11) is 0. The first kappa shape index (κ1) is 21.8. The molecule has 0 radical (unpaired) electrons. The summed E-state index contributed by atoms with van der Waals surface area (Å²) in [6, 6.07) is 8.74. The lowest BCUT2D eigenvalue weighted by Crippen LogP contribution is -2.56. The number of likely N-dealkylation sites (tertiary alicyclic amines) is 1. The average Bonchev–Trinajstić information content (AvgIpc) is 3.38. The molecule has 31 heavy (non-hydrogen) atoms. The normalized spacial score (nSPS) is 31.2. The molecule has 3 heterocycles. The first-order valence-corrected chi connectivity index (χ1v) is 11.1. The van der Waals surface area contributed by atoms with Crippen molar-refractivity contribution in [2.45, 2.75) is 63.4 Å². The van der Waals surface area contributed by atoms with Crippen molar-refractivity contribution in [1.82, 2.24) is 15.5 Å². The van der Waals surface area contributed by atoms with Gasteiger partial charge in [-0.05, 0) is 38.7 Å². The lowest BCUT2D eigenvalue weighted by Gasteiger charge is -2.33. The second-order valence-electron chi connectivity index (χ2n) is 9.03. The number of aliphatic hydroxyl groups is 1. The van der Waals surface area contributed by atoms with Gasteiger partial charge in [0.1, 0.15) is 11.6 Å². The molecule has 3 amide bonds. The van der Waals surface area contributed by atoms with E-state index in [0.717, 1.165) is 5.56 Å². The predicted molar refractivity (Wildman–Crippen MR) is 113 cm³/mol. The van der Waals surface area contributed by atoms with Crippen LogP contribution in [-0.4, -0.2) is 64.7 Å². The van der Waals surface area contributed by atoms with Crippen molar-refractivity contribution in [2.75, 3.05) is 13.2 Å². The minimum Gasteiger partial charge on any atom is -0.396 e. The molecule has 1 aromatic carbocycles. The van der Waals surface area contributed by atoms with E-state index in [1.54, 1.807) is 0 Å². The molecule has 8 heteroatoms. The number of carbonyl (C=O) groups excluding carboxylic acids is 3. The van der Waals surface area contributed by atoms with Gasteiger partial charge < -0.3 is 25.4 Å². The van der Waals surface area contributed by atoms with Crippen LogP contribution in [0.3, 0.4) is 0 Å². The lowest BCUT2D eigenvalue weighted by molar-refractivity contribution is -0.142. The van der Waals surface area contributed by atoms with Gasteiger partial charge in [0.2, 0.25) is 17.7 Å². The molecule has 3 aliphatic heterocycles. The van der Waals surface area contributed by atoms with Crippen LogP contribution in [0.5, 0.6) is 0 Å². The molecule has 1 spiro atoms. The molecule has 3 saturated heterocycles. The molecule has 0 aliphatic carbocycles. The molecule has 3 N–H and O–H groups in total. The summed E-state index contributed by atoms with van der Waals surface area (Å²) in [5.74, 6) is -1.97. The number of aliphatic hydroxyl groups excluding tert-OH is 1. The van der Waals surface area contributed by atoms with Gasteiger partial charge in [0.25, 0.3) is 0 Å². The number of rotatable bonds is 8. The molecule has 0 aromatic heterocycles. The topological polar surface area (TPSA) is 108 Å². The summed E-state index contributed by atoms with van der Waals surface area (Å²) in [5, 5.41) is 15.2. The quantitative estimate of drug-likeness (QED) is 0.560. The van der Waals surface area contributed by atoms with Crippen LogP contribution in [0.4, 0.5) is 0 Å². The van der Waals surface area contributed by atoms with Crippen molar-refractivity contribution in [3.05, 3.63) is 35.9 Å². The highest BCUT2D eigenvalue weighted by molar-refractivity contribution is 5.98. The van der Waals surface area contributed by atoms with Crippen LogP contribution in [0.15, 0.2) is 30.3 Å². The van der Waals surface area contributed by atoms with Crippen molar-refractivity contribution in [2.24, 2.45) is 11.8 Å². The van der Waals surface area contributed by atoms with E-state index in [1.165, 1.54) is 4.90 Å². The van der Waals surface area contributed by atoms with Crippen molar-refractivity contribution < 1.29 is 24.2 Å². The van der Waals surface area contributed by atoms with Gasteiger partial charge in [-0.25, -0.2) is 0 Å². The number of amides is 3. The number of nitrogens with zero attached hydrogens (tertiary/aromatic N) is 1. The Kier molecular flexibility index (Phi) is 6.03. The number of nitrogens with one attached hydrogen (secondary N) is 2. The lowest BCUT2D eigenvalue weighted by atomic mass is 9.70. The maximum absolute atomic E-state index is 13.5. The van der Waals surface area contributed by atoms with Gasteiger partial charge >= 0.3 is 0 Å². The van der Waals surface area contributed by atoms with Crippen LogP contribution in [0, 0.1) is 11.8 Å². The number of fused-ring (bicyclic) bond motifs is 1. The summed E-state index contributed by atoms with van der Waals surface area (Å²) in [6.07, 6.45) is 1.22. The number of benzene rings is 1. The van der Waals surface area contributed by atoms with E-state index in [2.05, 4.69) is 10.6 Å². The molecule has 0 saturated carbocycles. The third kappa shape index (κ3) is 3.72. The van der Waals surface area contributed by atoms with Gasteiger partial charge in [-0.1, -0.05) is 30.3 Å². The minimum atomic E-state index is -0.981. The molecule has 1 aromatic rings. The van der Waals surface area contributed by atoms with Crippen LogP contribution in [0.1, 0.15) is 38.7 Å². The van der Waals surface area contributed by atoms with Crippen LogP contribution in [-0.2, 0) is 25.7 Å². The Morgan fingerprint density at radius 2 is 2.00 bits per heavy atom. The maximum atomic E-state index is 13.5. The summed E-state index contributed by atoms with van der Waals surface area (Å²) < 4.78 is 6.32. The van der Waals surface area contributed by atoms with Gasteiger partial charge in [0.05, 0.1) is 17.9 Å². The van der Waals surface area contributed by atoms with Crippen molar-refractivity contribution in [3.8, 4) is 0 Å². The van der Waals surface area contributed by atoms with E-state index in [-0.39, 0.29) is 43.0 Å². The standard InChI is InChI=1S/C23H31N3O5/c1-14(2)25-21(29)19-23-10-9-16(31-23)17(18(23)22(30)26(19)11-6-12-27)20(28)24-13-15-7-4-3-5-8-15/h3-5,7-8,14,16-19,27H,6,9-13H2,1-2H3,(H,24,28)(H,25,29)/t16-,17+,18-,19?,23?/m0/s1. The second kappa shape index (κ2) is 8.59. The van der Waals surface area contributed by atoms with Crippen LogP contribution >= 0.6 is 0 Å². The maximum Gasteiger partial charge on any atom is 0.246 e. The Bertz CT molecular complexity index is 845. The number of hydrogen-bond acceptors (Lipinski definition) is 5. The van der Waals surface area contributed by atoms with Crippen molar-refractivity contribution >= 4 is 17.7 Å². The Morgan fingerprint density at radius 3 is 2.68 bits per heavy atom. The molecular formula is C23H31N3O5. The highest BCUT2D eigenvalue weighted by Gasteiger charge is 2.74. The number of carbonyl (C=O) groups is 3. The van der Waals surface area contributed by atoms with Gasteiger partial charge in [-0.2, -0.15) is 0 Å². The summed E-state index contributed by atoms with van der Waals surface area (Å²) >= 11 is 0. The smallest absolute Gasteiger partial charge is 0.246 e. The fourth-order valence-corrected chi connectivity index (χ4v) is 5.50. The fourth-order valence-electron chi connectivity index (χ4n) is 5.50. The van der Waals surface area contributed by atoms with E-state index in [4.69, 9.17) is 4.74 Å². The Morgan fingerprint density at radius 1 is 1.26 bits per heavy atom. The SMILES string of the molecule is CC(C)NC(=O)C1N(CCCO)C(=O)[C@@H]2[C@H](C(=O)NCc3ccccc3)[C@@H]3CCC12O3. The van der Waals surface area contributed by atoms with Gasteiger partial charge in [0, 0.05) is 25.7 Å². The number of hydrogen-bond donors (Lipinski definition) is 3. The summed E-state index contributed by atoms with van der Waals surface area (Å²) in [6.45, 7) is 4.30. The zero-order valence-electron chi connectivity index (χ0n) is 18.0. The minimum absolute atomic E-state index is 0.0789. The zero-order valence-corrected chi connectivity index (χ0v) is 18.0. The Labute approximate surface area is 182 Å². The van der Waals surface area contributed by atoms with E-state index in [1.807, 2.05) is 44.2 Å². The van der Waals surface area contributed by atoms with E-state index >= 15 is 0 Å². The molecule has 3 aliphatic rings. The first-order valence-electron chi connectivity index (χ1n) is 11.1. The fraction of sp³-hybridized carbons (Fsp3) is 0.609. The Hall–Kier alpha value is -2.45. The molecule has 4 rings (SSSR count). The highest BCUT2D eigenvalue weighted by atomic mass is 16.5. The highest BCUT2D eigenvalue weighted by Crippen LogP contribution is 2.58. The largest absolute Gasteiger partial charge is 0.396 e. The first-order chi connectivity index (χ1) is 14.9. The van der Waals surface area contributed by atoms with E-state index < -0.39 is 23.5 Å². The number of ether oxygens (including phenoxy) is 1. The van der Waals surface area contributed by atoms with Gasteiger partial charge in [0.15, 0.2) is 0 Å². The summed E-state index contributed by atoms with van der Waals surface area (Å²) in [4.78, 5) is 41.3. The monoisotopic (exact) mass is 429 g/mol. The van der Waals surface area contributed by atoms with Crippen LogP contribution in [0.25, 0.3) is 0 Å². The second-order valence-corrected chi connectivity index (χ2v) is 9.03. The average molecular weight is 430 g/mol. The van der Waals surface area contributed by atoms with Crippen LogP contribution < -0.4 is 10.6 Å². The predicted octanol–water partition coefficient (Wildman–Crippen LogP) is 0.584. The Balaban J connectivity index is 1.59. The van der Waals surface area contributed by atoms with E-state index in [0.29, 0.717) is 25.8 Å². The zero-order chi connectivity index (χ0) is 22.2. The summed E-state index contributed by atoms with van der Waals surface area (Å²) in [5.41, 5.74) is -0.00330. The van der Waals surface area contributed by atoms with Crippen molar-refractivity contribution in [1.29, 1.82) is 0 Å². The van der Waals surface area contributed by atoms with Gasteiger partial charge in [-0.3, -0.25) is 14.4 Å². The third-order valence-electron chi connectivity index (χ3n) is 6.65. The molecular weight excluding hydrogens is 398 g/mol. The van der Waals surface area contributed by atoms with E-state index in [9.17, 15) is 19.5 Å². The molecule has 5 atom stereocenters. The molecule has 8 nitrogen and oxygen atoms in total. The molecule has 168 valence electrons. The molecule has 2 bridgehead atoms. The van der Waals surface area contributed by atoms with Crippen molar-refractivity contribution in [3.63, 3.8) is 0 Å². The molecule has 3 fully saturated rings. The molecule has 2 unspecified atom stereocenters. The third-order valence-corrected chi connectivity index (χ3v) is 6.65.